The first-order valence-corrected chi connectivity index (χ1v) is 10.9. The Morgan fingerprint density at radius 1 is 1.23 bits per heavy atom. The normalized spacial score (nSPS) is 23.3. The molecule has 1 saturated heterocycles. The van der Waals surface area contributed by atoms with Crippen molar-refractivity contribution in [2.45, 2.75) is 64.2 Å². The molecule has 1 aliphatic carbocycles. The van der Waals surface area contributed by atoms with Crippen molar-refractivity contribution < 1.29 is 4.79 Å². The van der Waals surface area contributed by atoms with Gasteiger partial charge in [-0.2, -0.15) is 0 Å². The molecular formula is C20H28ClN3OS. The molecule has 1 heterocycles. The third kappa shape index (κ3) is 4.95. The highest BCUT2D eigenvalue weighted by atomic mass is 35.5. The Balaban J connectivity index is 1.70. The lowest BCUT2D eigenvalue weighted by molar-refractivity contribution is -0.133. The van der Waals surface area contributed by atoms with Crippen LogP contribution in [0.1, 0.15) is 51.0 Å². The molecule has 4 nitrogen and oxygen atoms in total. The van der Waals surface area contributed by atoms with Crippen LogP contribution in [0.25, 0.3) is 0 Å². The van der Waals surface area contributed by atoms with Crippen molar-refractivity contribution in [3.05, 3.63) is 34.9 Å². The third-order valence-corrected chi connectivity index (χ3v) is 6.63. The monoisotopic (exact) mass is 393 g/mol. The minimum atomic E-state index is 0.0534. The van der Waals surface area contributed by atoms with Crippen molar-refractivity contribution in [1.29, 1.82) is 0 Å². The molecule has 0 spiro atoms. The number of benzene rings is 1. The van der Waals surface area contributed by atoms with E-state index in [0.29, 0.717) is 12.6 Å². The number of nitrogens with zero attached hydrogens (tertiary/aromatic N) is 3. The number of hydrogen-bond donors (Lipinski definition) is 0. The van der Waals surface area contributed by atoms with E-state index >= 15 is 0 Å². The van der Waals surface area contributed by atoms with Crippen molar-refractivity contribution in [3.63, 3.8) is 0 Å². The van der Waals surface area contributed by atoms with Gasteiger partial charge in [0.1, 0.15) is 6.17 Å². The maximum absolute atomic E-state index is 12.3. The number of amidine groups is 1. The lowest BCUT2D eigenvalue weighted by Crippen LogP contribution is -2.47. The molecule has 1 atom stereocenters. The highest BCUT2D eigenvalue weighted by Gasteiger charge is 2.34. The molecule has 1 unspecified atom stereocenters. The van der Waals surface area contributed by atoms with Gasteiger partial charge in [0.25, 0.3) is 0 Å². The summed E-state index contributed by atoms with van der Waals surface area (Å²) in [7, 11) is 2.07. The zero-order chi connectivity index (χ0) is 18.5. The van der Waals surface area contributed by atoms with Crippen molar-refractivity contribution >= 4 is 34.4 Å². The Morgan fingerprint density at radius 2 is 1.88 bits per heavy atom. The SMILES string of the molecule is CC(=O)N(Cc1ccc(Cl)cc1)C1CSC(=NC2CCCCCC2)N1C. The van der Waals surface area contributed by atoms with Gasteiger partial charge in [0.2, 0.25) is 5.91 Å². The second-order valence-corrected chi connectivity index (χ2v) is 8.66. The Kier molecular flexibility index (Phi) is 6.87. The van der Waals surface area contributed by atoms with Crippen LogP contribution >= 0.6 is 23.4 Å². The summed E-state index contributed by atoms with van der Waals surface area (Å²) in [5, 5.41) is 1.80. The van der Waals surface area contributed by atoms with Crippen molar-refractivity contribution in [2.75, 3.05) is 12.8 Å². The zero-order valence-electron chi connectivity index (χ0n) is 15.7. The molecule has 0 bridgehead atoms. The fourth-order valence-corrected chi connectivity index (χ4v) is 5.05. The van der Waals surface area contributed by atoms with Gasteiger partial charge < -0.3 is 9.80 Å². The maximum atomic E-state index is 12.3. The van der Waals surface area contributed by atoms with E-state index in [1.807, 2.05) is 29.2 Å². The van der Waals surface area contributed by atoms with E-state index in [9.17, 15) is 4.79 Å². The predicted molar refractivity (Wildman–Crippen MR) is 111 cm³/mol. The first-order chi connectivity index (χ1) is 12.5. The number of carbonyl (C=O) groups is 1. The molecule has 0 aromatic heterocycles. The molecule has 1 aromatic carbocycles. The van der Waals surface area contributed by atoms with Crippen LogP contribution < -0.4 is 0 Å². The van der Waals surface area contributed by atoms with E-state index in [-0.39, 0.29) is 12.1 Å². The summed E-state index contributed by atoms with van der Waals surface area (Å²) in [4.78, 5) is 21.5. The van der Waals surface area contributed by atoms with Crippen molar-refractivity contribution in [2.24, 2.45) is 4.99 Å². The lowest BCUT2D eigenvalue weighted by atomic mass is 10.1. The summed E-state index contributed by atoms with van der Waals surface area (Å²) in [5.74, 6) is 0.961. The maximum Gasteiger partial charge on any atom is 0.221 e. The van der Waals surface area contributed by atoms with E-state index in [1.165, 1.54) is 38.5 Å². The second kappa shape index (κ2) is 9.14. The first kappa shape index (κ1) is 19.6. The van der Waals surface area contributed by atoms with Gasteiger partial charge in [-0.25, -0.2) is 0 Å². The zero-order valence-corrected chi connectivity index (χ0v) is 17.2. The summed E-state index contributed by atoms with van der Waals surface area (Å²) < 4.78 is 0. The van der Waals surface area contributed by atoms with Gasteiger partial charge in [-0.3, -0.25) is 9.79 Å². The average Bonchev–Trinajstić information content (AvgIpc) is 2.82. The van der Waals surface area contributed by atoms with Crippen LogP contribution in [0, 0.1) is 0 Å². The van der Waals surface area contributed by atoms with Crippen LogP contribution in [0.2, 0.25) is 5.02 Å². The van der Waals surface area contributed by atoms with Gasteiger partial charge in [0, 0.05) is 31.3 Å². The molecular weight excluding hydrogens is 366 g/mol. The Bertz CT molecular complexity index is 641. The molecule has 26 heavy (non-hydrogen) atoms. The van der Waals surface area contributed by atoms with E-state index in [1.54, 1.807) is 18.7 Å². The number of amides is 1. The topological polar surface area (TPSA) is 35.9 Å². The molecule has 2 aliphatic rings. The van der Waals surface area contributed by atoms with Gasteiger partial charge in [0.15, 0.2) is 5.17 Å². The number of hydrogen-bond acceptors (Lipinski definition) is 3. The fourth-order valence-electron chi connectivity index (χ4n) is 3.67. The predicted octanol–water partition coefficient (Wildman–Crippen LogP) is 4.77. The van der Waals surface area contributed by atoms with Crippen LogP contribution in [0.15, 0.2) is 29.3 Å². The third-order valence-electron chi connectivity index (χ3n) is 5.26. The van der Waals surface area contributed by atoms with E-state index in [2.05, 4.69) is 11.9 Å². The molecule has 142 valence electrons. The molecule has 1 amide bonds. The standard InChI is InChI=1S/C20H28ClN3OS/c1-15(25)24(13-16-9-11-17(21)12-10-16)19-14-26-20(23(19)2)22-18-7-5-3-4-6-8-18/h9-12,18-19H,3-8,13-14H2,1-2H3. The van der Waals surface area contributed by atoms with Gasteiger partial charge in [-0.15, -0.1) is 0 Å². The molecule has 6 heteroatoms. The highest BCUT2D eigenvalue weighted by Crippen LogP contribution is 2.29. The first-order valence-electron chi connectivity index (χ1n) is 9.49. The largest absolute Gasteiger partial charge is 0.333 e. The smallest absolute Gasteiger partial charge is 0.221 e. The van der Waals surface area contributed by atoms with E-state index < -0.39 is 0 Å². The van der Waals surface area contributed by atoms with Gasteiger partial charge in [-0.05, 0) is 30.5 Å². The van der Waals surface area contributed by atoms with E-state index in [0.717, 1.165) is 21.5 Å². The summed E-state index contributed by atoms with van der Waals surface area (Å²) in [6.07, 6.45) is 7.70. The van der Waals surface area contributed by atoms with Gasteiger partial charge in [-0.1, -0.05) is 61.2 Å². The molecule has 1 aliphatic heterocycles. The van der Waals surface area contributed by atoms with E-state index in [4.69, 9.17) is 16.6 Å². The van der Waals surface area contributed by atoms with Crippen molar-refractivity contribution in [3.8, 4) is 0 Å². The number of aliphatic imine (C=N–C) groups is 1. The summed E-state index contributed by atoms with van der Waals surface area (Å²) in [6, 6.07) is 8.17. The number of rotatable bonds is 4. The number of thioether (sulfide) groups is 1. The molecule has 1 saturated carbocycles. The Hall–Kier alpha value is -1.20. The quantitative estimate of drug-likeness (QED) is 0.691. The lowest BCUT2D eigenvalue weighted by Gasteiger charge is -2.33. The summed E-state index contributed by atoms with van der Waals surface area (Å²) >= 11 is 7.76. The Labute approximate surface area is 166 Å². The van der Waals surface area contributed by atoms with Crippen LogP contribution in [-0.2, 0) is 11.3 Å². The van der Waals surface area contributed by atoms with Crippen LogP contribution in [0.4, 0.5) is 0 Å². The summed E-state index contributed by atoms with van der Waals surface area (Å²) in [6.45, 7) is 2.24. The second-order valence-electron chi connectivity index (χ2n) is 7.23. The molecule has 3 rings (SSSR count). The highest BCUT2D eigenvalue weighted by molar-refractivity contribution is 8.14. The molecule has 2 fully saturated rings. The van der Waals surface area contributed by atoms with Gasteiger partial charge >= 0.3 is 0 Å². The average molecular weight is 394 g/mol. The Morgan fingerprint density at radius 3 is 2.50 bits per heavy atom. The number of carbonyl (C=O) groups excluding carboxylic acids is 1. The minimum Gasteiger partial charge on any atom is -0.333 e. The van der Waals surface area contributed by atoms with Crippen LogP contribution in [0.5, 0.6) is 0 Å². The molecule has 0 N–H and O–H groups in total. The van der Waals surface area contributed by atoms with Crippen molar-refractivity contribution in [1.82, 2.24) is 9.80 Å². The van der Waals surface area contributed by atoms with Crippen LogP contribution in [0.3, 0.4) is 0 Å². The fraction of sp³-hybridized carbons (Fsp3) is 0.600. The molecule has 1 aromatic rings. The molecule has 0 radical (unpaired) electrons. The number of halogens is 1. The van der Waals surface area contributed by atoms with Gasteiger partial charge in [0.05, 0.1) is 6.04 Å². The minimum absolute atomic E-state index is 0.0534. The summed E-state index contributed by atoms with van der Waals surface area (Å²) in [5.41, 5.74) is 1.09. The van der Waals surface area contributed by atoms with Crippen LogP contribution in [-0.4, -0.2) is 45.9 Å².